The van der Waals surface area contributed by atoms with Crippen LogP contribution in [0.25, 0.3) is 0 Å². The Balaban J connectivity index is 2.94. The molecule has 1 rings (SSSR count). The fourth-order valence-corrected chi connectivity index (χ4v) is 3.43. The number of carbonyl (C=O) groups excluding carboxylic acids is 4. The Hall–Kier alpha value is -3.66. The van der Waals surface area contributed by atoms with Gasteiger partial charge in [0, 0.05) is 24.7 Å². The van der Waals surface area contributed by atoms with Crippen LogP contribution in [0.1, 0.15) is 31.4 Å². The van der Waals surface area contributed by atoms with Gasteiger partial charge in [0.25, 0.3) is 0 Å². The molecule has 200 valence electrons. The number of aliphatic carboxylic acids is 2. The molecule has 0 aliphatic rings. The van der Waals surface area contributed by atoms with E-state index in [1.165, 1.54) is 24.3 Å². The molecule has 4 atom stereocenters. The monoisotopic (exact) mass is 529 g/mol. The van der Waals surface area contributed by atoms with Gasteiger partial charge in [0.15, 0.2) is 0 Å². The maximum absolute atomic E-state index is 12.9. The van der Waals surface area contributed by atoms with Crippen LogP contribution in [0.2, 0.25) is 0 Å². The van der Waals surface area contributed by atoms with E-state index in [4.69, 9.17) is 16.6 Å². The first-order valence-electron chi connectivity index (χ1n) is 10.8. The van der Waals surface area contributed by atoms with Crippen molar-refractivity contribution < 1.29 is 39.0 Å². The summed E-state index contributed by atoms with van der Waals surface area (Å²) in [5.74, 6) is -5.66. The summed E-state index contributed by atoms with van der Waals surface area (Å²) in [4.78, 5) is 78.3. The van der Waals surface area contributed by atoms with E-state index in [2.05, 4.69) is 25.9 Å². The van der Waals surface area contributed by atoms with Gasteiger partial charge in [-0.3, -0.25) is 24.0 Å². The number of amides is 4. The molecule has 0 aromatic carbocycles. The van der Waals surface area contributed by atoms with Crippen molar-refractivity contribution >= 4 is 47.3 Å². The Morgan fingerprint density at radius 2 is 1.61 bits per heavy atom. The van der Waals surface area contributed by atoms with E-state index in [0.717, 1.165) is 0 Å². The zero-order valence-corrected chi connectivity index (χ0v) is 20.4. The van der Waals surface area contributed by atoms with Gasteiger partial charge in [-0.2, -0.15) is 11.8 Å². The van der Waals surface area contributed by atoms with Crippen LogP contribution in [0.5, 0.6) is 0 Å². The average molecular weight is 530 g/mol. The maximum Gasteiger partial charge on any atom is 0.326 e. The highest BCUT2D eigenvalue weighted by atomic mass is 32.2. The first kappa shape index (κ1) is 30.4. The lowest BCUT2D eigenvalue weighted by molar-refractivity contribution is -0.143. The molecule has 16 heteroatoms. The molecule has 0 fully saturated rings. The van der Waals surface area contributed by atoms with Crippen molar-refractivity contribution in [2.75, 3.05) is 12.0 Å². The number of hydrogen-bond donors (Lipinski definition) is 8. The largest absolute Gasteiger partial charge is 0.481 e. The summed E-state index contributed by atoms with van der Waals surface area (Å²) >= 11 is 1.37. The number of carboxylic acids is 2. The standard InChI is InChI=1S/C20H31N7O8S/c1-36-5-4-12(18(32)27-14(20(34)35)6-10-8-23-9-24-10)25-19(33)13(7-16(29)30)26-17(31)11(21)2-3-15(22)28/h8-9,11-14H,2-7,21H2,1H3,(H2,22,28)(H,23,24)(H,25,33)(H,26,31)(H,27,32)(H,29,30)(H,34,35). The number of primary amides is 1. The number of nitrogens with one attached hydrogen (secondary N) is 4. The number of thioether (sulfide) groups is 1. The van der Waals surface area contributed by atoms with E-state index in [1.54, 1.807) is 6.26 Å². The highest BCUT2D eigenvalue weighted by molar-refractivity contribution is 7.98. The van der Waals surface area contributed by atoms with Crippen molar-refractivity contribution in [1.82, 2.24) is 25.9 Å². The molecular formula is C20H31N7O8S. The molecule has 0 aliphatic carbocycles. The van der Waals surface area contributed by atoms with Crippen LogP contribution in [-0.4, -0.2) is 91.9 Å². The molecule has 0 saturated carbocycles. The van der Waals surface area contributed by atoms with Gasteiger partial charge in [-0.15, -0.1) is 0 Å². The summed E-state index contributed by atoms with van der Waals surface area (Å²) in [6, 6.07) is -5.36. The number of nitrogens with zero attached hydrogens (tertiary/aromatic N) is 1. The smallest absolute Gasteiger partial charge is 0.326 e. The van der Waals surface area contributed by atoms with E-state index in [9.17, 15) is 33.9 Å². The number of hydrogen-bond acceptors (Lipinski definition) is 9. The fraction of sp³-hybridized carbons (Fsp3) is 0.550. The van der Waals surface area contributed by atoms with Crippen LogP contribution in [0.3, 0.4) is 0 Å². The molecule has 0 aliphatic heterocycles. The Labute approximate surface area is 210 Å². The number of aromatic nitrogens is 2. The quantitative estimate of drug-likeness (QED) is 0.103. The van der Waals surface area contributed by atoms with Gasteiger partial charge in [-0.25, -0.2) is 9.78 Å². The second-order valence-corrected chi connectivity index (χ2v) is 8.78. The lowest BCUT2D eigenvalue weighted by Crippen LogP contribution is -2.57. The molecule has 15 nitrogen and oxygen atoms in total. The second-order valence-electron chi connectivity index (χ2n) is 7.79. The van der Waals surface area contributed by atoms with Crippen LogP contribution in [-0.2, 0) is 35.2 Å². The van der Waals surface area contributed by atoms with E-state index >= 15 is 0 Å². The molecule has 4 amide bonds. The molecule has 10 N–H and O–H groups in total. The zero-order chi connectivity index (χ0) is 27.3. The van der Waals surface area contributed by atoms with Crippen molar-refractivity contribution in [3.63, 3.8) is 0 Å². The highest BCUT2D eigenvalue weighted by Crippen LogP contribution is 2.06. The summed E-state index contributed by atoms with van der Waals surface area (Å²) in [5, 5.41) is 25.6. The van der Waals surface area contributed by atoms with E-state index in [-0.39, 0.29) is 25.7 Å². The normalized spacial score (nSPS) is 14.1. The summed E-state index contributed by atoms with van der Waals surface area (Å²) in [7, 11) is 0. The average Bonchev–Trinajstić information content (AvgIpc) is 3.31. The third-order valence-electron chi connectivity index (χ3n) is 4.89. The lowest BCUT2D eigenvalue weighted by atomic mass is 10.1. The van der Waals surface area contributed by atoms with Crippen LogP contribution < -0.4 is 27.4 Å². The Bertz CT molecular complexity index is 927. The maximum atomic E-state index is 12.9. The Morgan fingerprint density at radius 3 is 2.14 bits per heavy atom. The van der Waals surface area contributed by atoms with Crippen LogP contribution in [0.15, 0.2) is 12.5 Å². The van der Waals surface area contributed by atoms with Crippen molar-refractivity contribution in [2.24, 2.45) is 11.5 Å². The van der Waals surface area contributed by atoms with Crippen LogP contribution in [0, 0.1) is 0 Å². The van der Waals surface area contributed by atoms with Gasteiger partial charge < -0.3 is 42.6 Å². The first-order chi connectivity index (χ1) is 16.9. The predicted molar refractivity (Wildman–Crippen MR) is 127 cm³/mol. The fourth-order valence-electron chi connectivity index (χ4n) is 2.96. The van der Waals surface area contributed by atoms with Crippen LogP contribution in [0.4, 0.5) is 0 Å². The van der Waals surface area contributed by atoms with Crippen molar-refractivity contribution in [3.05, 3.63) is 18.2 Å². The first-order valence-corrected chi connectivity index (χ1v) is 12.2. The predicted octanol–water partition coefficient (Wildman–Crippen LogP) is -2.69. The number of carbonyl (C=O) groups is 6. The topological polar surface area (TPSA) is 260 Å². The number of aromatic amines is 1. The second kappa shape index (κ2) is 15.4. The molecular weight excluding hydrogens is 498 g/mol. The van der Waals surface area contributed by atoms with Gasteiger partial charge in [0.2, 0.25) is 23.6 Å². The minimum Gasteiger partial charge on any atom is -0.481 e. The Morgan fingerprint density at radius 1 is 1.00 bits per heavy atom. The van der Waals surface area contributed by atoms with Gasteiger partial charge in [-0.1, -0.05) is 0 Å². The molecule has 36 heavy (non-hydrogen) atoms. The molecule has 0 radical (unpaired) electrons. The number of rotatable bonds is 17. The van der Waals surface area contributed by atoms with Crippen molar-refractivity contribution in [3.8, 4) is 0 Å². The number of imidazole rings is 1. The number of nitrogens with two attached hydrogens (primary N) is 2. The minimum absolute atomic E-state index is 0.0921. The van der Waals surface area contributed by atoms with Crippen molar-refractivity contribution in [1.29, 1.82) is 0 Å². The summed E-state index contributed by atoms with van der Waals surface area (Å²) in [6.45, 7) is 0. The molecule has 0 bridgehead atoms. The SMILES string of the molecule is CSCCC(NC(=O)C(CC(=O)O)NC(=O)C(N)CCC(N)=O)C(=O)NC(Cc1cnc[nH]1)C(=O)O. The minimum atomic E-state index is -1.58. The van der Waals surface area contributed by atoms with E-state index in [0.29, 0.717) is 11.4 Å². The molecule has 1 aromatic heterocycles. The van der Waals surface area contributed by atoms with Crippen molar-refractivity contribution in [2.45, 2.75) is 56.3 Å². The third-order valence-corrected chi connectivity index (χ3v) is 5.53. The molecule has 1 heterocycles. The summed E-state index contributed by atoms with van der Waals surface area (Å²) in [5.41, 5.74) is 11.2. The van der Waals surface area contributed by atoms with E-state index in [1.807, 2.05) is 0 Å². The van der Waals surface area contributed by atoms with Gasteiger partial charge >= 0.3 is 11.9 Å². The third kappa shape index (κ3) is 11.2. The molecule has 0 saturated heterocycles. The molecule has 1 aromatic rings. The summed E-state index contributed by atoms with van der Waals surface area (Å²) in [6.07, 6.45) is 3.41. The van der Waals surface area contributed by atoms with Gasteiger partial charge in [0.1, 0.15) is 18.1 Å². The van der Waals surface area contributed by atoms with Gasteiger partial charge in [0.05, 0.1) is 18.8 Å². The summed E-state index contributed by atoms with van der Waals surface area (Å²) < 4.78 is 0. The van der Waals surface area contributed by atoms with Gasteiger partial charge in [-0.05, 0) is 24.9 Å². The number of H-pyrrole nitrogens is 1. The Kier molecular flexibility index (Phi) is 13.0. The lowest BCUT2D eigenvalue weighted by Gasteiger charge is -2.24. The van der Waals surface area contributed by atoms with E-state index < -0.39 is 66.2 Å². The number of carboxylic acid groups (broad SMARTS) is 2. The van der Waals surface area contributed by atoms with Crippen LogP contribution >= 0.6 is 11.8 Å². The molecule has 4 unspecified atom stereocenters. The highest BCUT2D eigenvalue weighted by Gasteiger charge is 2.31. The molecule has 0 spiro atoms. The zero-order valence-electron chi connectivity index (χ0n) is 19.6.